The van der Waals surface area contributed by atoms with Gasteiger partial charge in [-0.1, -0.05) is 6.07 Å². The maximum Gasteiger partial charge on any atom is 0.427 e. The molecule has 14 heavy (non-hydrogen) atoms. The van der Waals surface area contributed by atoms with Gasteiger partial charge in [-0.3, -0.25) is 4.98 Å². The van der Waals surface area contributed by atoms with Gasteiger partial charge in [0.15, 0.2) is 0 Å². The Balaban J connectivity index is 2.67. The van der Waals surface area contributed by atoms with E-state index in [-0.39, 0.29) is 0 Å². The van der Waals surface area contributed by atoms with E-state index in [1.54, 1.807) is 25.3 Å². The average Bonchev–Trinajstić information content (AvgIpc) is 2.20. The standard InChI is InChI=1S/C9H11N3O2/c1-2-12(9(13)14)11-7-8-5-3-4-6-10-8/h3-7H,2H2,1H3,(H,13,14). The largest absolute Gasteiger partial charge is 0.464 e. The summed E-state index contributed by atoms with van der Waals surface area (Å²) in [5, 5.41) is 13.3. The molecule has 0 radical (unpaired) electrons. The van der Waals surface area contributed by atoms with Crippen LogP contribution in [0.3, 0.4) is 0 Å². The number of nitrogens with zero attached hydrogens (tertiary/aromatic N) is 3. The highest BCUT2D eigenvalue weighted by molar-refractivity contribution is 5.78. The zero-order chi connectivity index (χ0) is 10.4. The maximum atomic E-state index is 10.5. The smallest absolute Gasteiger partial charge is 0.427 e. The SMILES string of the molecule is CCN(N=Cc1ccccn1)C(=O)O. The van der Waals surface area contributed by atoms with Gasteiger partial charge in [-0.15, -0.1) is 0 Å². The first-order valence-corrected chi connectivity index (χ1v) is 4.19. The molecule has 0 fully saturated rings. The third-order valence-electron chi connectivity index (χ3n) is 1.54. The number of hydrogen-bond acceptors (Lipinski definition) is 3. The number of hydrazone groups is 1. The minimum Gasteiger partial charge on any atom is -0.464 e. The molecule has 1 amide bonds. The van der Waals surface area contributed by atoms with Crippen LogP contribution in [0.5, 0.6) is 0 Å². The highest BCUT2D eigenvalue weighted by Gasteiger charge is 2.04. The number of hydrogen-bond donors (Lipinski definition) is 1. The molecule has 0 bridgehead atoms. The van der Waals surface area contributed by atoms with Crippen molar-refractivity contribution in [2.75, 3.05) is 6.54 Å². The van der Waals surface area contributed by atoms with E-state index in [1.165, 1.54) is 6.21 Å². The molecule has 0 aromatic carbocycles. The second-order valence-corrected chi connectivity index (χ2v) is 2.50. The fourth-order valence-electron chi connectivity index (χ4n) is 0.847. The fraction of sp³-hybridized carbons (Fsp3) is 0.222. The molecule has 1 aromatic rings. The normalized spacial score (nSPS) is 10.4. The van der Waals surface area contributed by atoms with Crippen LogP contribution < -0.4 is 0 Å². The van der Waals surface area contributed by atoms with E-state index in [4.69, 9.17) is 5.11 Å². The van der Waals surface area contributed by atoms with E-state index < -0.39 is 6.09 Å². The van der Waals surface area contributed by atoms with Gasteiger partial charge >= 0.3 is 6.09 Å². The molecule has 0 spiro atoms. The van der Waals surface area contributed by atoms with Gasteiger partial charge in [0.05, 0.1) is 11.9 Å². The van der Waals surface area contributed by atoms with Gasteiger partial charge in [0.1, 0.15) is 0 Å². The Bertz CT molecular complexity index is 324. The summed E-state index contributed by atoms with van der Waals surface area (Å²) in [5.74, 6) is 0. The van der Waals surface area contributed by atoms with E-state index in [0.717, 1.165) is 5.01 Å². The van der Waals surface area contributed by atoms with Crippen LogP contribution in [-0.4, -0.2) is 34.0 Å². The number of aromatic nitrogens is 1. The van der Waals surface area contributed by atoms with Crippen LogP contribution in [0.4, 0.5) is 4.79 Å². The number of rotatable bonds is 3. The fourth-order valence-corrected chi connectivity index (χ4v) is 0.847. The molecule has 1 rings (SSSR count). The predicted octanol–water partition coefficient (Wildman–Crippen LogP) is 1.42. The second-order valence-electron chi connectivity index (χ2n) is 2.50. The summed E-state index contributed by atoms with van der Waals surface area (Å²) >= 11 is 0. The van der Waals surface area contributed by atoms with Crippen molar-refractivity contribution in [3.63, 3.8) is 0 Å². The third kappa shape index (κ3) is 2.85. The molecule has 0 aliphatic rings. The van der Waals surface area contributed by atoms with Gasteiger partial charge < -0.3 is 5.11 Å². The molecule has 1 heterocycles. The summed E-state index contributed by atoms with van der Waals surface area (Å²) in [4.78, 5) is 14.5. The second kappa shape index (κ2) is 4.96. The molecular weight excluding hydrogens is 182 g/mol. The van der Waals surface area contributed by atoms with E-state index in [1.807, 2.05) is 6.07 Å². The van der Waals surface area contributed by atoms with Crippen molar-refractivity contribution in [2.24, 2.45) is 5.10 Å². The first-order valence-electron chi connectivity index (χ1n) is 4.19. The summed E-state index contributed by atoms with van der Waals surface area (Å²) in [6.07, 6.45) is 1.97. The number of carbonyl (C=O) groups is 1. The van der Waals surface area contributed by atoms with E-state index >= 15 is 0 Å². The van der Waals surface area contributed by atoms with E-state index in [2.05, 4.69) is 10.1 Å². The Morgan fingerprint density at radius 2 is 2.50 bits per heavy atom. The minimum atomic E-state index is -1.07. The van der Waals surface area contributed by atoms with Crippen LogP contribution in [0.15, 0.2) is 29.5 Å². The average molecular weight is 193 g/mol. The quantitative estimate of drug-likeness (QED) is 0.583. The molecule has 0 unspecified atom stereocenters. The third-order valence-corrected chi connectivity index (χ3v) is 1.54. The molecule has 0 aliphatic carbocycles. The molecule has 5 nitrogen and oxygen atoms in total. The molecule has 1 aromatic heterocycles. The lowest BCUT2D eigenvalue weighted by Crippen LogP contribution is -2.23. The molecule has 0 aliphatic heterocycles. The Morgan fingerprint density at radius 1 is 1.71 bits per heavy atom. The highest BCUT2D eigenvalue weighted by atomic mass is 16.4. The van der Waals surface area contributed by atoms with Gasteiger partial charge in [0.25, 0.3) is 0 Å². The van der Waals surface area contributed by atoms with Crippen molar-refractivity contribution in [1.82, 2.24) is 9.99 Å². The maximum absolute atomic E-state index is 10.5. The van der Waals surface area contributed by atoms with Crippen LogP contribution in [0, 0.1) is 0 Å². The molecule has 0 saturated carbocycles. The summed E-state index contributed by atoms with van der Waals surface area (Å²) in [5.41, 5.74) is 0.632. The van der Waals surface area contributed by atoms with Crippen molar-refractivity contribution in [1.29, 1.82) is 0 Å². The first kappa shape index (κ1) is 10.2. The van der Waals surface area contributed by atoms with Crippen molar-refractivity contribution in [3.8, 4) is 0 Å². The van der Waals surface area contributed by atoms with Crippen LogP contribution in [0.2, 0.25) is 0 Å². The molecule has 74 valence electrons. The first-order chi connectivity index (χ1) is 6.74. The summed E-state index contributed by atoms with van der Waals surface area (Å²) < 4.78 is 0. The number of amides is 1. The van der Waals surface area contributed by atoms with Crippen LogP contribution in [-0.2, 0) is 0 Å². The Morgan fingerprint density at radius 3 is 3.00 bits per heavy atom. The van der Waals surface area contributed by atoms with Gasteiger partial charge in [0.2, 0.25) is 0 Å². The Hall–Kier alpha value is -1.91. The summed E-state index contributed by atoms with van der Waals surface area (Å²) in [6.45, 7) is 2.03. The molecule has 5 heteroatoms. The van der Waals surface area contributed by atoms with Gasteiger partial charge in [-0.25, -0.2) is 4.79 Å². The van der Waals surface area contributed by atoms with Gasteiger partial charge in [0, 0.05) is 12.7 Å². The van der Waals surface area contributed by atoms with Crippen molar-refractivity contribution in [3.05, 3.63) is 30.1 Å². The van der Waals surface area contributed by atoms with Crippen molar-refractivity contribution < 1.29 is 9.90 Å². The van der Waals surface area contributed by atoms with E-state index in [0.29, 0.717) is 12.2 Å². The molecule has 0 atom stereocenters. The number of carboxylic acid groups (broad SMARTS) is 1. The lowest BCUT2D eigenvalue weighted by molar-refractivity contribution is 0.150. The van der Waals surface area contributed by atoms with Gasteiger partial charge in [-0.2, -0.15) is 10.1 Å². The topological polar surface area (TPSA) is 65.8 Å². The van der Waals surface area contributed by atoms with Crippen LogP contribution in [0.1, 0.15) is 12.6 Å². The highest BCUT2D eigenvalue weighted by Crippen LogP contribution is 1.92. The lowest BCUT2D eigenvalue weighted by atomic mass is 10.4. The van der Waals surface area contributed by atoms with Crippen molar-refractivity contribution >= 4 is 12.3 Å². The van der Waals surface area contributed by atoms with E-state index in [9.17, 15) is 4.79 Å². The molecule has 0 saturated heterocycles. The lowest BCUT2D eigenvalue weighted by Gasteiger charge is -2.08. The molecule has 1 N–H and O–H groups in total. The zero-order valence-electron chi connectivity index (χ0n) is 7.79. The zero-order valence-corrected chi connectivity index (χ0v) is 7.79. The van der Waals surface area contributed by atoms with Crippen molar-refractivity contribution in [2.45, 2.75) is 6.92 Å². The summed E-state index contributed by atoms with van der Waals surface area (Å²) in [6, 6.07) is 5.34. The Labute approximate surface area is 81.7 Å². The predicted molar refractivity (Wildman–Crippen MR) is 52.2 cm³/mol. The van der Waals surface area contributed by atoms with Crippen LogP contribution >= 0.6 is 0 Å². The summed E-state index contributed by atoms with van der Waals surface area (Å²) in [7, 11) is 0. The number of pyridine rings is 1. The molecular formula is C9H11N3O2. The minimum absolute atomic E-state index is 0.318. The van der Waals surface area contributed by atoms with Gasteiger partial charge in [-0.05, 0) is 19.1 Å². The monoisotopic (exact) mass is 193 g/mol. The van der Waals surface area contributed by atoms with Crippen LogP contribution in [0.25, 0.3) is 0 Å². The Kier molecular flexibility index (Phi) is 3.60.